The topological polar surface area (TPSA) is 20.3 Å². The molecule has 0 spiro atoms. The van der Waals surface area contributed by atoms with Crippen LogP contribution in [-0.4, -0.2) is 23.9 Å². The molecule has 21 heavy (non-hydrogen) atoms. The van der Waals surface area contributed by atoms with Gasteiger partial charge in [0, 0.05) is 19.5 Å². The second-order valence-corrected chi connectivity index (χ2v) is 6.23. The molecule has 0 aliphatic heterocycles. The lowest BCUT2D eigenvalue weighted by Crippen LogP contribution is -2.33. The summed E-state index contributed by atoms with van der Waals surface area (Å²) >= 11 is 0. The molecular weight excluding hydrogens is 258 g/mol. The van der Waals surface area contributed by atoms with Crippen LogP contribution in [0, 0.1) is 0 Å². The van der Waals surface area contributed by atoms with E-state index in [0.29, 0.717) is 18.2 Å². The van der Waals surface area contributed by atoms with Crippen molar-refractivity contribution in [1.29, 1.82) is 0 Å². The quantitative estimate of drug-likeness (QED) is 0.687. The maximum Gasteiger partial charge on any atom is 0.223 e. The van der Waals surface area contributed by atoms with Gasteiger partial charge in [-0.05, 0) is 42.7 Å². The smallest absolute Gasteiger partial charge is 0.223 e. The maximum atomic E-state index is 12.6. The Morgan fingerprint density at radius 3 is 2.48 bits per heavy atom. The number of carbonyl (C=O) groups excluding carboxylic acids is 1. The predicted octanol–water partition coefficient (Wildman–Crippen LogP) is 4.54. The summed E-state index contributed by atoms with van der Waals surface area (Å²) < 4.78 is 0. The fraction of sp³-hybridized carbons (Fsp3) is 0.632. The number of hydrogen-bond donors (Lipinski definition) is 0. The first kappa shape index (κ1) is 16.1. The number of carbonyl (C=O) groups is 1. The largest absolute Gasteiger partial charge is 0.343 e. The van der Waals surface area contributed by atoms with E-state index >= 15 is 0 Å². The lowest BCUT2D eigenvalue weighted by atomic mass is 9.97. The molecule has 0 heterocycles. The fourth-order valence-corrected chi connectivity index (χ4v) is 3.26. The van der Waals surface area contributed by atoms with Gasteiger partial charge in [0.1, 0.15) is 0 Å². The summed E-state index contributed by atoms with van der Waals surface area (Å²) in [6, 6.07) is 8.64. The highest BCUT2D eigenvalue weighted by Gasteiger charge is 2.26. The van der Waals surface area contributed by atoms with Crippen LogP contribution in [-0.2, 0) is 11.2 Å². The molecule has 1 aromatic rings. The van der Waals surface area contributed by atoms with Gasteiger partial charge in [0.05, 0.1) is 0 Å². The van der Waals surface area contributed by atoms with E-state index in [1.54, 1.807) is 0 Å². The van der Waals surface area contributed by atoms with E-state index in [1.165, 1.54) is 11.1 Å². The van der Waals surface area contributed by atoms with E-state index < -0.39 is 0 Å². The zero-order valence-electron chi connectivity index (χ0n) is 13.6. The summed E-state index contributed by atoms with van der Waals surface area (Å²) in [5.41, 5.74) is 2.86. The van der Waals surface area contributed by atoms with Crippen molar-refractivity contribution < 1.29 is 4.79 Å². The van der Waals surface area contributed by atoms with Crippen LogP contribution in [0.5, 0.6) is 0 Å². The summed E-state index contributed by atoms with van der Waals surface area (Å²) in [6.45, 7) is 6.25. The lowest BCUT2D eigenvalue weighted by molar-refractivity contribution is -0.131. The molecule has 1 atom stereocenters. The van der Waals surface area contributed by atoms with Crippen LogP contribution in [0.4, 0.5) is 0 Å². The number of benzene rings is 1. The highest BCUT2D eigenvalue weighted by atomic mass is 16.2. The standard InChI is InChI=1S/C19H29NO/c1-3-5-13-20(14-6-4-2)19(21)15-17-12-11-16-9-7-8-10-18(16)17/h7-10,17H,3-6,11-15H2,1-2H3/t17-/m0/s1. The Balaban J connectivity index is 1.95. The fourth-order valence-electron chi connectivity index (χ4n) is 3.26. The number of amides is 1. The minimum atomic E-state index is 0.360. The Bertz CT molecular complexity index is 447. The third-order valence-electron chi connectivity index (χ3n) is 4.59. The predicted molar refractivity (Wildman–Crippen MR) is 88.5 cm³/mol. The molecule has 1 aliphatic carbocycles. The number of unbranched alkanes of at least 4 members (excludes halogenated alkanes) is 2. The molecule has 0 saturated heterocycles. The molecule has 2 rings (SSSR count). The summed E-state index contributed by atoms with van der Waals surface area (Å²) in [4.78, 5) is 14.8. The van der Waals surface area contributed by atoms with E-state index in [2.05, 4.69) is 43.0 Å². The highest BCUT2D eigenvalue weighted by molar-refractivity contribution is 5.77. The van der Waals surface area contributed by atoms with Crippen LogP contribution >= 0.6 is 0 Å². The molecule has 0 unspecified atom stereocenters. The van der Waals surface area contributed by atoms with Gasteiger partial charge >= 0.3 is 0 Å². The van der Waals surface area contributed by atoms with Crippen LogP contribution in [0.1, 0.15) is 69.4 Å². The molecule has 0 fully saturated rings. The van der Waals surface area contributed by atoms with Crippen molar-refractivity contribution in [3.05, 3.63) is 35.4 Å². The van der Waals surface area contributed by atoms with Crippen molar-refractivity contribution in [3.63, 3.8) is 0 Å². The van der Waals surface area contributed by atoms with Crippen LogP contribution in [0.2, 0.25) is 0 Å². The normalized spacial score (nSPS) is 16.8. The second kappa shape index (κ2) is 8.21. The molecule has 1 aliphatic rings. The Kier molecular flexibility index (Phi) is 6.28. The van der Waals surface area contributed by atoms with Gasteiger partial charge in [-0.15, -0.1) is 0 Å². The molecule has 2 heteroatoms. The minimum Gasteiger partial charge on any atom is -0.343 e. The molecule has 0 saturated carbocycles. The Labute approximate surface area is 129 Å². The Hall–Kier alpha value is -1.31. The molecule has 0 aromatic heterocycles. The maximum absolute atomic E-state index is 12.6. The van der Waals surface area contributed by atoms with Gasteiger partial charge in [0.15, 0.2) is 0 Å². The molecule has 116 valence electrons. The van der Waals surface area contributed by atoms with E-state index in [-0.39, 0.29) is 0 Å². The van der Waals surface area contributed by atoms with Crippen LogP contribution in [0.15, 0.2) is 24.3 Å². The van der Waals surface area contributed by atoms with Crippen molar-refractivity contribution in [1.82, 2.24) is 4.90 Å². The number of rotatable bonds is 8. The molecule has 2 nitrogen and oxygen atoms in total. The summed E-state index contributed by atoms with van der Waals surface area (Å²) in [7, 11) is 0. The summed E-state index contributed by atoms with van der Waals surface area (Å²) in [6.07, 6.45) is 7.53. The highest BCUT2D eigenvalue weighted by Crippen LogP contribution is 2.35. The van der Waals surface area contributed by atoms with Crippen molar-refractivity contribution in [2.45, 2.75) is 64.7 Å². The molecule has 1 aromatic carbocycles. The zero-order chi connectivity index (χ0) is 15.1. The van der Waals surface area contributed by atoms with Gasteiger partial charge in [0.25, 0.3) is 0 Å². The molecular formula is C19H29NO. The zero-order valence-corrected chi connectivity index (χ0v) is 13.6. The third kappa shape index (κ3) is 4.33. The van der Waals surface area contributed by atoms with Crippen molar-refractivity contribution in [2.24, 2.45) is 0 Å². The monoisotopic (exact) mass is 287 g/mol. The Morgan fingerprint density at radius 1 is 1.14 bits per heavy atom. The van der Waals surface area contributed by atoms with Gasteiger partial charge in [-0.3, -0.25) is 4.79 Å². The molecule has 0 radical (unpaired) electrons. The van der Waals surface area contributed by atoms with Crippen molar-refractivity contribution in [3.8, 4) is 0 Å². The first-order valence-corrected chi connectivity index (χ1v) is 8.61. The average molecular weight is 287 g/mol. The van der Waals surface area contributed by atoms with E-state index in [9.17, 15) is 4.79 Å². The Morgan fingerprint density at radius 2 is 1.81 bits per heavy atom. The van der Waals surface area contributed by atoms with Gasteiger partial charge in [-0.1, -0.05) is 51.0 Å². The average Bonchev–Trinajstić information content (AvgIpc) is 2.91. The minimum absolute atomic E-state index is 0.360. The van der Waals surface area contributed by atoms with Crippen LogP contribution in [0.25, 0.3) is 0 Å². The summed E-state index contributed by atoms with van der Waals surface area (Å²) in [5.74, 6) is 0.804. The van der Waals surface area contributed by atoms with Gasteiger partial charge < -0.3 is 4.90 Å². The van der Waals surface area contributed by atoms with E-state index in [4.69, 9.17) is 0 Å². The molecule has 0 bridgehead atoms. The van der Waals surface area contributed by atoms with E-state index in [1.807, 2.05) is 0 Å². The lowest BCUT2D eigenvalue weighted by Gasteiger charge is -2.24. The van der Waals surface area contributed by atoms with Crippen LogP contribution in [0.3, 0.4) is 0 Å². The first-order valence-electron chi connectivity index (χ1n) is 8.61. The second-order valence-electron chi connectivity index (χ2n) is 6.23. The van der Waals surface area contributed by atoms with Crippen molar-refractivity contribution in [2.75, 3.05) is 13.1 Å². The van der Waals surface area contributed by atoms with E-state index in [0.717, 1.165) is 51.6 Å². The molecule has 0 N–H and O–H groups in total. The molecule has 1 amide bonds. The number of hydrogen-bond acceptors (Lipinski definition) is 1. The van der Waals surface area contributed by atoms with Gasteiger partial charge in [0.2, 0.25) is 5.91 Å². The number of aryl methyl sites for hydroxylation is 1. The number of nitrogens with zero attached hydrogens (tertiary/aromatic N) is 1. The summed E-state index contributed by atoms with van der Waals surface area (Å²) in [5, 5.41) is 0. The van der Waals surface area contributed by atoms with Crippen LogP contribution < -0.4 is 0 Å². The third-order valence-corrected chi connectivity index (χ3v) is 4.59. The first-order chi connectivity index (χ1) is 10.3. The number of fused-ring (bicyclic) bond motifs is 1. The van der Waals surface area contributed by atoms with Gasteiger partial charge in [-0.25, -0.2) is 0 Å². The van der Waals surface area contributed by atoms with Crippen molar-refractivity contribution >= 4 is 5.91 Å². The SMILES string of the molecule is CCCCN(CCCC)C(=O)C[C@@H]1CCc2ccccc21. The van der Waals surface area contributed by atoms with Gasteiger partial charge in [-0.2, -0.15) is 0 Å².